The second-order valence-electron chi connectivity index (χ2n) is 8.35. The average molecular weight is 455 g/mol. The fourth-order valence-corrected chi connectivity index (χ4v) is 5.92. The van der Waals surface area contributed by atoms with Crippen LogP contribution >= 0.6 is 0 Å². The van der Waals surface area contributed by atoms with Crippen LogP contribution in [0.4, 0.5) is 0 Å². The van der Waals surface area contributed by atoms with Gasteiger partial charge in [0.2, 0.25) is 15.9 Å². The Bertz CT molecular complexity index is 825. The van der Waals surface area contributed by atoms with Crippen molar-refractivity contribution in [3.63, 3.8) is 0 Å². The number of carbonyl (C=O) groups excluding carboxylic acids is 1. The molecule has 0 aromatic heterocycles. The van der Waals surface area contributed by atoms with Crippen molar-refractivity contribution in [1.82, 2.24) is 10.0 Å². The number of para-hydroxylation sites is 1. The number of hydrogen-bond donors (Lipinski definition) is 3. The third-order valence-corrected chi connectivity index (χ3v) is 7.73. The van der Waals surface area contributed by atoms with E-state index in [2.05, 4.69) is 10.0 Å². The van der Waals surface area contributed by atoms with E-state index in [9.17, 15) is 18.3 Å². The van der Waals surface area contributed by atoms with Gasteiger partial charge in [0, 0.05) is 12.5 Å². The number of sulfonamides is 1. The second kappa shape index (κ2) is 11.3. The summed E-state index contributed by atoms with van der Waals surface area (Å²) < 4.78 is 39.5. The number of aliphatic hydroxyl groups excluding tert-OH is 1. The largest absolute Gasteiger partial charge is 0.495 e. The first-order chi connectivity index (χ1) is 14.9. The standard InChI is InChI=1S/C22H34N2O6S/c1-29-19-9-5-6-10-21(19)31(27,28)24-18-12-11-17(30-20(18)15-25)13-14-23-22(26)16-7-3-2-4-8-16/h5-6,9-10,16-18,20,24-25H,2-4,7-8,11-15H2,1H3,(H,23,26)/t17-,18+,20+/m1/s1. The molecular formula is C22H34N2O6S. The summed E-state index contributed by atoms with van der Waals surface area (Å²) in [6, 6.07) is 5.88. The summed E-state index contributed by atoms with van der Waals surface area (Å²) in [6.07, 6.45) is 6.44. The van der Waals surface area contributed by atoms with Crippen LogP contribution in [0.25, 0.3) is 0 Å². The highest BCUT2D eigenvalue weighted by molar-refractivity contribution is 7.89. The minimum Gasteiger partial charge on any atom is -0.495 e. The number of nitrogens with one attached hydrogen (secondary N) is 2. The Labute approximate surface area is 184 Å². The molecule has 1 aliphatic carbocycles. The molecule has 3 atom stereocenters. The molecule has 8 nitrogen and oxygen atoms in total. The van der Waals surface area contributed by atoms with Crippen molar-refractivity contribution >= 4 is 15.9 Å². The molecule has 2 aliphatic rings. The first-order valence-electron chi connectivity index (χ1n) is 11.1. The van der Waals surface area contributed by atoms with E-state index in [1.54, 1.807) is 18.2 Å². The van der Waals surface area contributed by atoms with Crippen molar-refractivity contribution in [3.8, 4) is 5.75 Å². The molecule has 0 spiro atoms. The molecule has 1 aromatic rings. The van der Waals surface area contributed by atoms with Crippen LogP contribution < -0.4 is 14.8 Å². The van der Waals surface area contributed by atoms with Gasteiger partial charge in [0.05, 0.1) is 32.0 Å². The van der Waals surface area contributed by atoms with Gasteiger partial charge >= 0.3 is 0 Å². The molecule has 9 heteroatoms. The summed E-state index contributed by atoms with van der Waals surface area (Å²) in [7, 11) is -2.40. The lowest BCUT2D eigenvalue weighted by Gasteiger charge is -2.36. The predicted molar refractivity (Wildman–Crippen MR) is 116 cm³/mol. The molecule has 1 aliphatic heterocycles. The Balaban J connectivity index is 1.50. The maximum absolute atomic E-state index is 12.8. The maximum Gasteiger partial charge on any atom is 0.244 e. The van der Waals surface area contributed by atoms with Gasteiger partial charge in [-0.15, -0.1) is 0 Å². The van der Waals surface area contributed by atoms with Crippen LogP contribution in [0.2, 0.25) is 0 Å². The zero-order valence-corrected chi connectivity index (χ0v) is 18.9. The van der Waals surface area contributed by atoms with Crippen LogP contribution in [0.1, 0.15) is 51.4 Å². The van der Waals surface area contributed by atoms with Crippen molar-refractivity contribution in [2.24, 2.45) is 5.92 Å². The third kappa shape index (κ3) is 6.41. The van der Waals surface area contributed by atoms with Gasteiger partial charge in [-0.2, -0.15) is 0 Å². The zero-order chi connectivity index (χ0) is 22.3. The van der Waals surface area contributed by atoms with Gasteiger partial charge < -0.3 is 19.9 Å². The van der Waals surface area contributed by atoms with Crippen LogP contribution in [0.15, 0.2) is 29.2 Å². The first kappa shape index (κ1) is 24.0. The lowest BCUT2D eigenvalue weighted by Crippen LogP contribution is -2.51. The fourth-order valence-electron chi connectivity index (χ4n) is 4.45. The molecule has 0 bridgehead atoms. The number of rotatable bonds is 9. The van der Waals surface area contributed by atoms with E-state index < -0.39 is 22.2 Å². The molecule has 1 heterocycles. The molecule has 0 radical (unpaired) electrons. The Hall–Kier alpha value is -1.68. The number of carbonyl (C=O) groups is 1. The molecule has 3 rings (SSSR count). The van der Waals surface area contributed by atoms with Crippen LogP contribution in [-0.2, 0) is 19.6 Å². The van der Waals surface area contributed by atoms with Crippen LogP contribution in [-0.4, -0.2) is 57.9 Å². The molecule has 2 fully saturated rings. The highest BCUT2D eigenvalue weighted by atomic mass is 32.2. The number of amides is 1. The molecule has 31 heavy (non-hydrogen) atoms. The average Bonchev–Trinajstić information content (AvgIpc) is 2.80. The highest BCUT2D eigenvalue weighted by Gasteiger charge is 2.34. The van der Waals surface area contributed by atoms with E-state index in [0.717, 1.165) is 25.7 Å². The van der Waals surface area contributed by atoms with E-state index in [1.165, 1.54) is 19.6 Å². The number of methoxy groups -OCH3 is 1. The van der Waals surface area contributed by atoms with Gasteiger partial charge in [0.15, 0.2) is 0 Å². The summed E-state index contributed by atoms with van der Waals surface area (Å²) >= 11 is 0. The molecule has 1 amide bonds. The third-order valence-electron chi connectivity index (χ3n) is 6.20. The van der Waals surface area contributed by atoms with Crippen LogP contribution in [0.3, 0.4) is 0 Å². The van der Waals surface area contributed by atoms with Gasteiger partial charge in [-0.05, 0) is 44.2 Å². The van der Waals surface area contributed by atoms with Gasteiger partial charge in [0.25, 0.3) is 0 Å². The smallest absolute Gasteiger partial charge is 0.244 e. The van der Waals surface area contributed by atoms with E-state index in [1.807, 2.05) is 0 Å². The highest BCUT2D eigenvalue weighted by Crippen LogP contribution is 2.27. The molecular weight excluding hydrogens is 420 g/mol. The van der Waals surface area contributed by atoms with Gasteiger partial charge in [0.1, 0.15) is 10.6 Å². The number of ether oxygens (including phenoxy) is 2. The molecule has 1 saturated heterocycles. The monoisotopic (exact) mass is 454 g/mol. The summed E-state index contributed by atoms with van der Waals surface area (Å²) in [5.41, 5.74) is 0. The van der Waals surface area contributed by atoms with E-state index in [-0.39, 0.29) is 35.2 Å². The fraction of sp³-hybridized carbons (Fsp3) is 0.682. The Morgan fingerprint density at radius 3 is 2.61 bits per heavy atom. The summed E-state index contributed by atoms with van der Waals surface area (Å²) in [5.74, 6) is 0.510. The lowest BCUT2D eigenvalue weighted by molar-refractivity contribution is -0.126. The van der Waals surface area contributed by atoms with E-state index in [4.69, 9.17) is 9.47 Å². The number of hydrogen-bond acceptors (Lipinski definition) is 6. The maximum atomic E-state index is 12.8. The molecule has 1 aromatic carbocycles. The predicted octanol–water partition coefficient (Wildman–Crippen LogP) is 1.97. The molecule has 0 unspecified atom stereocenters. The zero-order valence-electron chi connectivity index (χ0n) is 18.1. The Morgan fingerprint density at radius 1 is 1.16 bits per heavy atom. The van der Waals surface area contributed by atoms with Crippen molar-refractivity contribution in [1.29, 1.82) is 0 Å². The van der Waals surface area contributed by atoms with E-state index >= 15 is 0 Å². The van der Waals surface area contributed by atoms with Crippen molar-refractivity contribution < 1.29 is 27.8 Å². The van der Waals surface area contributed by atoms with Crippen molar-refractivity contribution in [3.05, 3.63) is 24.3 Å². The molecule has 174 valence electrons. The summed E-state index contributed by atoms with van der Waals surface area (Å²) in [6.45, 7) is 0.236. The van der Waals surface area contributed by atoms with Crippen molar-refractivity contribution in [2.45, 2.75) is 74.5 Å². The minimum atomic E-state index is -3.83. The number of aliphatic hydroxyl groups is 1. The van der Waals surface area contributed by atoms with Gasteiger partial charge in [-0.3, -0.25) is 4.79 Å². The normalized spacial score (nSPS) is 25.2. The molecule has 3 N–H and O–H groups in total. The summed E-state index contributed by atoms with van der Waals surface area (Å²) in [5, 5.41) is 12.8. The summed E-state index contributed by atoms with van der Waals surface area (Å²) in [4.78, 5) is 12.3. The quantitative estimate of drug-likeness (QED) is 0.526. The van der Waals surface area contributed by atoms with E-state index in [0.29, 0.717) is 25.8 Å². The SMILES string of the molecule is COc1ccccc1S(=O)(=O)N[C@H]1CC[C@H](CCNC(=O)C2CCCCC2)O[C@H]1CO. The second-order valence-corrected chi connectivity index (χ2v) is 10.0. The Morgan fingerprint density at radius 2 is 1.90 bits per heavy atom. The lowest BCUT2D eigenvalue weighted by atomic mass is 9.88. The van der Waals surface area contributed by atoms with Crippen LogP contribution in [0, 0.1) is 5.92 Å². The van der Waals surface area contributed by atoms with Gasteiger partial charge in [-0.25, -0.2) is 13.1 Å². The van der Waals surface area contributed by atoms with Crippen molar-refractivity contribution in [2.75, 3.05) is 20.3 Å². The first-order valence-corrected chi connectivity index (χ1v) is 12.6. The van der Waals surface area contributed by atoms with Crippen LogP contribution in [0.5, 0.6) is 5.75 Å². The minimum absolute atomic E-state index is 0.0572. The topological polar surface area (TPSA) is 114 Å². The van der Waals surface area contributed by atoms with Gasteiger partial charge in [-0.1, -0.05) is 31.4 Å². The Kier molecular flexibility index (Phi) is 8.71. The molecule has 1 saturated carbocycles. The number of benzene rings is 1.